The van der Waals surface area contributed by atoms with Gasteiger partial charge < -0.3 is 0 Å². The third-order valence-electron chi connectivity index (χ3n) is 7.02. The molecule has 0 aromatic heterocycles. The van der Waals surface area contributed by atoms with Crippen molar-refractivity contribution >= 4 is 36.7 Å². The summed E-state index contributed by atoms with van der Waals surface area (Å²) in [5.41, 5.74) is 3.44. The van der Waals surface area contributed by atoms with Gasteiger partial charge in [-0.3, -0.25) is 0 Å². The van der Waals surface area contributed by atoms with Crippen molar-refractivity contribution in [3.05, 3.63) is 102 Å². The fraction of sp³-hybridized carbons (Fsp3) is 0.286. The summed E-state index contributed by atoms with van der Waals surface area (Å²) in [5.74, 6) is 0. The molecule has 3 aromatic carbocycles. The number of allylic oxidation sites excluding steroid dienone is 2. The second kappa shape index (κ2) is 8.10. The zero-order chi connectivity index (χ0) is 21.3. The van der Waals surface area contributed by atoms with Crippen LogP contribution in [0.15, 0.2) is 102 Å². The Morgan fingerprint density at radius 2 is 1.13 bits per heavy atom. The van der Waals surface area contributed by atoms with Crippen molar-refractivity contribution in [2.75, 3.05) is 6.16 Å². The second-order valence-electron chi connectivity index (χ2n) is 9.34. The predicted molar refractivity (Wildman–Crippen MR) is 139 cm³/mol. The Balaban J connectivity index is 2.10. The van der Waals surface area contributed by atoms with Gasteiger partial charge in [0.1, 0.15) is 0 Å². The van der Waals surface area contributed by atoms with Crippen LogP contribution in [0.25, 0.3) is 0 Å². The van der Waals surface area contributed by atoms with Gasteiger partial charge in [0.15, 0.2) is 0 Å². The van der Waals surface area contributed by atoms with Crippen molar-refractivity contribution in [2.45, 2.75) is 40.0 Å². The molecule has 0 atom stereocenters. The summed E-state index contributed by atoms with van der Waals surface area (Å²) in [5, 5.41) is 1.31. The van der Waals surface area contributed by atoms with Crippen LogP contribution in [-0.4, -0.2) is 6.16 Å². The van der Waals surface area contributed by atoms with Gasteiger partial charge in [-0.15, -0.1) is 0 Å². The van der Waals surface area contributed by atoms with E-state index in [9.17, 15) is 0 Å². The molecule has 1 aliphatic carbocycles. The summed E-state index contributed by atoms with van der Waals surface area (Å²) in [4.78, 5) is 0. The Labute approximate surface area is 190 Å². The summed E-state index contributed by atoms with van der Waals surface area (Å²) < 4.78 is 0. The van der Waals surface area contributed by atoms with Gasteiger partial charge in [0, 0.05) is 0 Å². The van der Waals surface area contributed by atoms with Crippen LogP contribution in [0.2, 0.25) is 0 Å². The zero-order valence-corrected chi connectivity index (χ0v) is 20.8. The molecule has 1 aliphatic rings. The Kier molecular flexibility index (Phi) is 5.82. The summed E-state index contributed by atoms with van der Waals surface area (Å²) >= 11 is 4.63. The molecule has 30 heavy (non-hydrogen) atoms. The normalized spacial score (nSPS) is 17.9. The molecule has 0 fully saturated rings. The minimum atomic E-state index is -2.91. The molecule has 0 radical (unpaired) electrons. The van der Waals surface area contributed by atoms with Crippen LogP contribution in [0.1, 0.15) is 40.0 Å². The molecule has 0 spiro atoms. The van der Waals surface area contributed by atoms with Crippen LogP contribution >= 0.6 is 20.8 Å². The fourth-order valence-corrected chi connectivity index (χ4v) is 13.3. The van der Waals surface area contributed by atoms with Gasteiger partial charge in [0.2, 0.25) is 0 Å². The molecule has 0 unspecified atom stereocenters. The van der Waals surface area contributed by atoms with E-state index in [1.54, 1.807) is 11.1 Å². The van der Waals surface area contributed by atoms with Gasteiger partial charge in [0.05, 0.1) is 0 Å². The van der Waals surface area contributed by atoms with Crippen molar-refractivity contribution in [3.63, 3.8) is 0 Å². The van der Waals surface area contributed by atoms with Crippen LogP contribution in [0, 0.1) is 5.41 Å². The molecule has 0 heterocycles. The van der Waals surface area contributed by atoms with Gasteiger partial charge in [-0.1, -0.05) is 0 Å². The first-order valence-corrected chi connectivity index (χ1v) is 15.4. The first-order chi connectivity index (χ1) is 14.4. The number of hydrogen-bond acceptors (Lipinski definition) is 0. The minimum absolute atomic E-state index is 0.220. The van der Waals surface area contributed by atoms with Crippen molar-refractivity contribution in [1.29, 1.82) is 0 Å². The van der Waals surface area contributed by atoms with Crippen molar-refractivity contribution < 1.29 is 0 Å². The monoisotopic (exact) mass is 478 g/mol. The van der Waals surface area contributed by atoms with Crippen LogP contribution in [0.5, 0.6) is 0 Å². The molecule has 0 saturated carbocycles. The SMILES string of the molecule is CC1=C(CP(Br)(c2ccccc2)(c2ccccc2)c2ccccc2)C(C)(C)CCC1. The number of rotatable bonds is 5. The molecular weight excluding hydrogens is 447 g/mol. The summed E-state index contributed by atoms with van der Waals surface area (Å²) in [6.07, 6.45) is 4.82. The van der Waals surface area contributed by atoms with E-state index in [0.29, 0.717) is 0 Å². The Hall–Kier alpha value is -1.69. The molecular formula is C28H32BrP. The zero-order valence-electron chi connectivity index (χ0n) is 18.3. The number of halogens is 1. The van der Waals surface area contributed by atoms with E-state index in [1.807, 2.05) is 0 Å². The molecule has 0 nitrogen and oxygen atoms in total. The molecule has 0 N–H and O–H groups in total. The van der Waals surface area contributed by atoms with Gasteiger partial charge >= 0.3 is 190 Å². The number of hydrogen-bond donors (Lipinski definition) is 0. The molecule has 0 saturated heterocycles. The van der Waals surface area contributed by atoms with Crippen LogP contribution in [-0.2, 0) is 0 Å². The molecule has 3 aromatic rings. The molecule has 0 aliphatic heterocycles. The van der Waals surface area contributed by atoms with Crippen molar-refractivity contribution in [2.24, 2.45) is 5.41 Å². The van der Waals surface area contributed by atoms with Gasteiger partial charge in [-0.05, 0) is 0 Å². The van der Waals surface area contributed by atoms with E-state index in [0.717, 1.165) is 6.16 Å². The fourth-order valence-electron chi connectivity index (χ4n) is 5.26. The quantitative estimate of drug-likeness (QED) is 0.265. The van der Waals surface area contributed by atoms with E-state index < -0.39 is 5.31 Å². The number of benzene rings is 3. The molecule has 4 rings (SSSR count). The van der Waals surface area contributed by atoms with E-state index in [-0.39, 0.29) is 5.41 Å². The Morgan fingerprint density at radius 3 is 1.50 bits per heavy atom. The molecule has 0 amide bonds. The predicted octanol–water partition coefficient (Wildman–Crippen LogP) is 7.35. The van der Waals surface area contributed by atoms with Crippen molar-refractivity contribution in [3.8, 4) is 0 Å². The van der Waals surface area contributed by atoms with Crippen LogP contribution in [0.4, 0.5) is 0 Å². The average molecular weight is 479 g/mol. The van der Waals surface area contributed by atoms with E-state index in [2.05, 4.69) is 127 Å². The average Bonchev–Trinajstić information content (AvgIpc) is 2.78. The second-order valence-corrected chi connectivity index (χ2v) is 18.3. The first-order valence-electron chi connectivity index (χ1n) is 10.9. The van der Waals surface area contributed by atoms with Crippen molar-refractivity contribution in [1.82, 2.24) is 0 Å². The summed E-state index contributed by atoms with van der Waals surface area (Å²) in [7, 11) is 0. The first kappa shape index (κ1) is 21.5. The molecule has 2 heteroatoms. The van der Waals surface area contributed by atoms with Gasteiger partial charge in [-0.2, -0.15) is 0 Å². The molecule has 0 bridgehead atoms. The Bertz CT molecular complexity index is 936. The van der Waals surface area contributed by atoms with Crippen LogP contribution in [0.3, 0.4) is 0 Å². The maximum absolute atomic E-state index is 4.63. The van der Waals surface area contributed by atoms with Gasteiger partial charge in [-0.25, -0.2) is 0 Å². The van der Waals surface area contributed by atoms with E-state index in [1.165, 1.54) is 35.2 Å². The molecule has 156 valence electrons. The van der Waals surface area contributed by atoms with E-state index >= 15 is 0 Å². The van der Waals surface area contributed by atoms with Crippen LogP contribution < -0.4 is 15.9 Å². The third kappa shape index (κ3) is 3.51. The van der Waals surface area contributed by atoms with Gasteiger partial charge in [0.25, 0.3) is 0 Å². The topological polar surface area (TPSA) is 0 Å². The third-order valence-corrected chi connectivity index (χ3v) is 16.5. The van der Waals surface area contributed by atoms with E-state index in [4.69, 9.17) is 0 Å². The summed E-state index contributed by atoms with van der Waals surface area (Å²) in [6, 6.07) is 33.5. The summed E-state index contributed by atoms with van der Waals surface area (Å²) in [6.45, 7) is 7.26. The maximum atomic E-state index is 4.63. The standard InChI is InChI=1S/C28H32BrP/c1-23-14-13-21-28(2,3)27(23)22-30(29,24-15-7-4-8-16-24,25-17-9-5-10-18-25)26-19-11-6-12-20-26/h4-12,15-20H,13-14,21-22H2,1-3H3. The Morgan fingerprint density at radius 1 is 0.733 bits per heavy atom.